The lowest BCUT2D eigenvalue weighted by Crippen LogP contribution is -2.52. The van der Waals surface area contributed by atoms with E-state index < -0.39 is 0 Å². The van der Waals surface area contributed by atoms with Gasteiger partial charge in [-0.25, -0.2) is 0 Å². The Balaban J connectivity index is 1.99. The molecule has 4 atom stereocenters. The smallest absolute Gasteiger partial charge is 0.0615 e. The minimum Gasteiger partial charge on any atom is -0.383 e. The normalized spacial score (nSPS) is 40.1. The Morgan fingerprint density at radius 1 is 1.36 bits per heavy atom. The molecular formula is C11H22N2O. The van der Waals surface area contributed by atoms with E-state index in [2.05, 4.69) is 11.8 Å². The Kier molecular flexibility index (Phi) is 3.10. The summed E-state index contributed by atoms with van der Waals surface area (Å²) in [6.07, 6.45) is 5.05. The molecule has 3 nitrogen and oxygen atoms in total. The van der Waals surface area contributed by atoms with E-state index in [-0.39, 0.29) is 0 Å². The van der Waals surface area contributed by atoms with Crippen LogP contribution in [0.2, 0.25) is 0 Å². The van der Waals surface area contributed by atoms with Crippen LogP contribution < -0.4 is 5.73 Å². The zero-order valence-electron chi connectivity index (χ0n) is 9.28. The highest BCUT2D eigenvalue weighted by Gasteiger charge is 2.41. The zero-order valence-corrected chi connectivity index (χ0v) is 9.28. The highest BCUT2D eigenvalue weighted by atomic mass is 16.5. The Bertz CT molecular complexity index is 184. The van der Waals surface area contributed by atoms with Gasteiger partial charge < -0.3 is 10.5 Å². The van der Waals surface area contributed by atoms with Crippen LogP contribution in [-0.2, 0) is 4.74 Å². The van der Waals surface area contributed by atoms with E-state index in [1.807, 2.05) is 0 Å². The third-order valence-electron chi connectivity index (χ3n) is 3.74. The van der Waals surface area contributed by atoms with Gasteiger partial charge in [-0.1, -0.05) is 0 Å². The lowest BCUT2D eigenvalue weighted by molar-refractivity contribution is 0.0379. The molecule has 0 radical (unpaired) electrons. The highest BCUT2D eigenvalue weighted by molar-refractivity contribution is 4.98. The first-order valence-corrected chi connectivity index (χ1v) is 5.74. The summed E-state index contributed by atoms with van der Waals surface area (Å²) in [5, 5.41) is 0. The van der Waals surface area contributed by atoms with Crippen molar-refractivity contribution in [3.63, 3.8) is 0 Å². The molecule has 3 heteroatoms. The average molecular weight is 198 g/mol. The quantitative estimate of drug-likeness (QED) is 0.734. The fourth-order valence-corrected chi connectivity index (χ4v) is 3.30. The number of fused-ring (bicyclic) bond motifs is 2. The summed E-state index contributed by atoms with van der Waals surface area (Å²) in [6.45, 7) is 3.12. The van der Waals surface area contributed by atoms with Crippen LogP contribution >= 0.6 is 0 Å². The number of nitrogens with two attached hydrogens (primary N) is 1. The summed E-state index contributed by atoms with van der Waals surface area (Å²) in [5.41, 5.74) is 6.03. The maximum atomic E-state index is 6.03. The maximum absolute atomic E-state index is 6.03. The van der Waals surface area contributed by atoms with Crippen molar-refractivity contribution in [2.75, 3.05) is 13.7 Å². The minimum absolute atomic E-state index is 0.443. The molecule has 0 aromatic heterocycles. The van der Waals surface area contributed by atoms with Gasteiger partial charge in [-0.2, -0.15) is 0 Å². The predicted octanol–water partition coefficient (Wildman–Crippen LogP) is 0.975. The van der Waals surface area contributed by atoms with Gasteiger partial charge in [0, 0.05) is 31.3 Å². The third-order valence-corrected chi connectivity index (χ3v) is 3.74. The predicted molar refractivity (Wildman–Crippen MR) is 57.2 cm³/mol. The summed E-state index contributed by atoms with van der Waals surface area (Å²) in [5.74, 6) is 0. The van der Waals surface area contributed by atoms with Crippen LogP contribution in [0.5, 0.6) is 0 Å². The number of ether oxygens (including phenoxy) is 1. The number of methoxy groups -OCH3 is 1. The van der Waals surface area contributed by atoms with Crippen molar-refractivity contribution in [2.45, 2.75) is 56.8 Å². The van der Waals surface area contributed by atoms with Crippen LogP contribution in [0, 0.1) is 0 Å². The topological polar surface area (TPSA) is 38.5 Å². The summed E-state index contributed by atoms with van der Waals surface area (Å²) < 4.78 is 5.24. The first-order chi connectivity index (χ1) is 6.72. The van der Waals surface area contributed by atoms with Crippen LogP contribution in [0.1, 0.15) is 32.6 Å². The van der Waals surface area contributed by atoms with Crippen molar-refractivity contribution in [2.24, 2.45) is 5.73 Å². The van der Waals surface area contributed by atoms with Crippen LogP contribution in [-0.4, -0.2) is 42.8 Å². The van der Waals surface area contributed by atoms with Crippen LogP contribution in [0.4, 0.5) is 0 Å². The fraction of sp³-hybridized carbons (Fsp3) is 1.00. The molecule has 0 aromatic carbocycles. The van der Waals surface area contributed by atoms with Gasteiger partial charge in [0.1, 0.15) is 0 Å². The van der Waals surface area contributed by atoms with E-state index in [0.29, 0.717) is 12.1 Å². The lowest BCUT2D eigenvalue weighted by Gasteiger charge is -2.41. The standard InChI is InChI=1S/C11H22N2O/c1-8(7-14-2)13-10-3-4-11(13)6-9(12)5-10/h8-11H,3-7,12H2,1-2H3/t8?,9?,10-,11+. The van der Waals surface area contributed by atoms with E-state index in [1.165, 1.54) is 25.7 Å². The molecule has 82 valence electrons. The van der Waals surface area contributed by atoms with Crippen molar-refractivity contribution in [1.82, 2.24) is 4.90 Å². The Labute approximate surface area is 86.6 Å². The molecule has 2 unspecified atom stereocenters. The fourth-order valence-electron chi connectivity index (χ4n) is 3.30. The molecule has 14 heavy (non-hydrogen) atoms. The monoisotopic (exact) mass is 198 g/mol. The van der Waals surface area contributed by atoms with Crippen LogP contribution in [0.3, 0.4) is 0 Å². The van der Waals surface area contributed by atoms with Gasteiger partial charge in [-0.3, -0.25) is 4.90 Å². The van der Waals surface area contributed by atoms with Gasteiger partial charge in [0.25, 0.3) is 0 Å². The summed E-state index contributed by atoms with van der Waals surface area (Å²) in [6, 6.07) is 2.46. The lowest BCUT2D eigenvalue weighted by atomic mass is 9.96. The van der Waals surface area contributed by atoms with Crippen molar-refractivity contribution in [3.8, 4) is 0 Å². The summed E-state index contributed by atoms with van der Waals surface area (Å²) >= 11 is 0. The van der Waals surface area contributed by atoms with Crippen molar-refractivity contribution < 1.29 is 4.74 Å². The Hall–Kier alpha value is -0.120. The van der Waals surface area contributed by atoms with Crippen molar-refractivity contribution in [1.29, 1.82) is 0 Å². The SMILES string of the molecule is COCC(C)N1[C@@H]2CC[C@H]1CC(N)C2. The number of nitrogens with zero attached hydrogens (tertiary/aromatic N) is 1. The second-order valence-corrected chi connectivity index (χ2v) is 4.87. The first kappa shape index (κ1) is 10.4. The van der Waals surface area contributed by atoms with E-state index in [4.69, 9.17) is 10.5 Å². The molecule has 0 spiro atoms. The largest absolute Gasteiger partial charge is 0.383 e. The highest BCUT2D eigenvalue weighted by Crippen LogP contribution is 2.36. The molecule has 2 N–H and O–H groups in total. The van der Waals surface area contributed by atoms with E-state index in [9.17, 15) is 0 Å². The molecular weight excluding hydrogens is 176 g/mol. The van der Waals surface area contributed by atoms with E-state index in [0.717, 1.165) is 18.7 Å². The molecule has 2 rings (SSSR count). The van der Waals surface area contributed by atoms with Gasteiger partial charge in [0.05, 0.1) is 6.61 Å². The minimum atomic E-state index is 0.443. The number of piperidine rings is 1. The van der Waals surface area contributed by atoms with E-state index in [1.54, 1.807) is 7.11 Å². The average Bonchev–Trinajstić information content (AvgIpc) is 2.39. The number of hydrogen-bond donors (Lipinski definition) is 1. The van der Waals surface area contributed by atoms with Crippen LogP contribution in [0.15, 0.2) is 0 Å². The van der Waals surface area contributed by atoms with Gasteiger partial charge in [0.2, 0.25) is 0 Å². The molecule has 0 aliphatic carbocycles. The summed E-state index contributed by atoms with van der Waals surface area (Å²) in [7, 11) is 1.79. The number of rotatable bonds is 3. The molecule has 0 aromatic rings. The Morgan fingerprint density at radius 3 is 2.43 bits per heavy atom. The van der Waals surface area contributed by atoms with Gasteiger partial charge >= 0.3 is 0 Å². The molecule has 2 heterocycles. The molecule has 0 amide bonds. The molecule has 2 saturated heterocycles. The molecule has 2 aliphatic rings. The summed E-state index contributed by atoms with van der Waals surface area (Å²) in [4.78, 5) is 2.65. The molecule has 2 fully saturated rings. The van der Waals surface area contributed by atoms with Gasteiger partial charge in [0.15, 0.2) is 0 Å². The van der Waals surface area contributed by atoms with E-state index >= 15 is 0 Å². The van der Waals surface area contributed by atoms with Crippen LogP contribution in [0.25, 0.3) is 0 Å². The van der Waals surface area contributed by atoms with Gasteiger partial charge in [-0.05, 0) is 32.6 Å². The molecule has 2 bridgehead atoms. The number of hydrogen-bond acceptors (Lipinski definition) is 3. The zero-order chi connectivity index (χ0) is 10.1. The third kappa shape index (κ3) is 1.81. The second kappa shape index (κ2) is 4.17. The molecule has 2 aliphatic heterocycles. The second-order valence-electron chi connectivity index (χ2n) is 4.87. The van der Waals surface area contributed by atoms with Gasteiger partial charge in [-0.15, -0.1) is 0 Å². The first-order valence-electron chi connectivity index (χ1n) is 5.74. The maximum Gasteiger partial charge on any atom is 0.0615 e. The molecule has 0 saturated carbocycles. The Morgan fingerprint density at radius 2 is 1.93 bits per heavy atom. The van der Waals surface area contributed by atoms with Crippen molar-refractivity contribution >= 4 is 0 Å². The van der Waals surface area contributed by atoms with Crippen molar-refractivity contribution in [3.05, 3.63) is 0 Å².